The van der Waals surface area contributed by atoms with Crippen molar-refractivity contribution in [1.82, 2.24) is 4.98 Å². The highest BCUT2D eigenvalue weighted by Gasteiger charge is 2.04. The third-order valence-electron chi connectivity index (χ3n) is 2.16. The summed E-state index contributed by atoms with van der Waals surface area (Å²) in [6, 6.07) is 7.94. The zero-order valence-corrected chi connectivity index (χ0v) is 9.51. The number of pyridine rings is 1. The van der Waals surface area contributed by atoms with Gasteiger partial charge in [0.25, 0.3) is 0 Å². The summed E-state index contributed by atoms with van der Waals surface area (Å²) in [5.41, 5.74) is 0.892. The summed E-state index contributed by atoms with van der Waals surface area (Å²) >= 11 is 5.81. The molecule has 1 aromatic carbocycles. The SMILES string of the molecule is Fc1cnc(NCc2cccc(Cl)c2)c(F)c1. The topological polar surface area (TPSA) is 24.9 Å². The Labute approximate surface area is 102 Å². The normalized spacial score (nSPS) is 10.3. The van der Waals surface area contributed by atoms with Gasteiger partial charge in [-0.1, -0.05) is 23.7 Å². The number of hydrogen-bond acceptors (Lipinski definition) is 2. The first-order valence-electron chi connectivity index (χ1n) is 4.94. The molecule has 5 heteroatoms. The molecule has 0 aliphatic rings. The summed E-state index contributed by atoms with van der Waals surface area (Å²) in [4.78, 5) is 3.62. The number of nitrogens with zero attached hydrogens (tertiary/aromatic N) is 1. The molecule has 0 fully saturated rings. The van der Waals surface area contributed by atoms with Crippen molar-refractivity contribution in [2.75, 3.05) is 5.32 Å². The van der Waals surface area contributed by atoms with Crippen molar-refractivity contribution in [2.45, 2.75) is 6.54 Å². The van der Waals surface area contributed by atoms with Gasteiger partial charge in [0.15, 0.2) is 11.6 Å². The van der Waals surface area contributed by atoms with Crippen molar-refractivity contribution in [3.63, 3.8) is 0 Å². The number of anilines is 1. The fraction of sp³-hybridized carbons (Fsp3) is 0.0833. The molecule has 0 amide bonds. The quantitative estimate of drug-likeness (QED) is 0.905. The molecule has 0 aliphatic heterocycles. The molecule has 88 valence electrons. The Balaban J connectivity index is 2.07. The van der Waals surface area contributed by atoms with Crippen molar-refractivity contribution in [1.29, 1.82) is 0 Å². The van der Waals surface area contributed by atoms with E-state index in [0.29, 0.717) is 11.6 Å². The van der Waals surface area contributed by atoms with Crippen molar-refractivity contribution in [2.24, 2.45) is 0 Å². The molecule has 0 spiro atoms. The molecule has 0 unspecified atom stereocenters. The van der Waals surface area contributed by atoms with Crippen LogP contribution in [0.25, 0.3) is 0 Å². The molecule has 1 aromatic heterocycles. The Kier molecular flexibility index (Phi) is 3.54. The highest BCUT2D eigenvalue weighted by Crippen LogP contribution is 2.14. The van der Waals surface area contributed by atoms with Crippen LogP contribution in [-0.4, -0.2) is 4.98 Å². The minimum absolute atomic E-state index is 0.0198. The molecule has 2 nitrogen and oxygen atoms in total. The van der Waals surface area contributed by atoms with Crippen LogP contribution < -0.4 is 5.32 Å². The first-order valence-corrected chi connectivity index (χ1v) is 5.32. The second kappa shape index (κ2) is 5.10. The van der Waals surface area contributed by atoms with Gasteiger partial charge in [-0.25, -0.2) is 13.8 Å². The zero-order valence-electron chi connectivity index (χ0n) is 8.75. The highest BCUT2D eigenvalue weighted by molar-refractivity contribution is 6.30. The molecule has 0 atom stereocenters. The molecule has 2 rings (SSSR count). The lowest BCUT2D eigenvalue weighted by molar-refractivity contribution is 0.575. The maximum atomic E-state index is 13.2. The van der Waals surface area contributed by atoms with Crippen LogP contribution in [0.4, 0.5) is 14.6 Å². The second-order valence-electron chi connectivity index (χ2n) is 3.47. The molecular weight excluding hydrogens is 246 g/mol. The van der Waals surface area contributed by atoms with E-state index in [-0.39, 0.29) is 5.82 Å². The summed E-state index contributed by atoms with van der Waals surface area (Å²) < 4.78 is 25.9. The first kappa shape index (κ1) is 11.8. The van der Waals surface area contributed by atoms with E-state index in [4.69, 9.17) is 11.6 Å². The van der Waals surface area contributed by atoms with Crippen LogP contribution in [0.3, 0.4) is 0 Å². The van der Waals surface area contributed by atoms with Gasteiger partial charge in [0, 0.05) is 17.6 Å². The molecule has 1 heterocycles. The fourth-order valence-corrected chi connectivity index (χ4v) is 1.59. The van der Waals surface area contributed by atoms with Crippen LogP contribution in [0.5, 0.6) is 0 Å². The van der Waals surface area contributed by atoms with Crippen LogP contribution in [0, 0.1) is 11.6 Å². The third kappa shape index (κ3) is 3.14. The Morgan fingerprint density at radius 3 is 2.76 bits per heavy atom. The van der Waals surface area contributed by atoms with E-state index in [9.17, 15) is 8.78 Å². The predicted octanol–water partition coefficient (Wildman–Crippen LogP) is 3.63. The predicted molar refractivity (Wildman–Crippen MR) is 62.9 cm³/mol. The van der Waals surface area contributed by atoms with Crippen LogP contribution in [0.1, 0.15) is 5.56 Å². The maximum absolute atomic E-state index is 13.2. The van der Waals surface area contributed by atoms with Gasteiger partial charge < -0.3 is 5.32 Å². The van der Waals surface area contributed by atoms with Crippen molar-refractivity contribution >= 4 is 17.4 Å². The van der Waals surface area contributed by atoms with E-state index in [2.05, 4.69) is 10.3 Å². The second-order valence-corrected chi connectivity index (χ2v) is 3.90. The summed E-state index contributed by atoms with van der Waals surface area (Å²) in [6.45, 7) is 0.371. The van der Waals surface area contributed by atoms with Gasteiger partial charge in [-0.05, 0) is 17.7 Å². The third-order valence-corrected chi connectivity index (χ3v) is 2.39. The molecule has 2 aromatic rings. The van der Waals surface area contributed by atoms with Gasteiger partial charge in [0.2, 0.25) is 0 Å². The summed E-state index contributed by atoms with van der Waals surface area (Å²) in [5, 5.41) is 3.38. The van der Waals surface area contributed by atoms with Gasteiger partial charge in [-0.15, -0.1) is 0 Å². The lowest BCUT2D eigenvalue weighted by Gasteiger charge is -2.06. The number of halogens is 3. The molecule has 0 radical (unpaired) electrons. The Hall–Kier alpha value is -1.68. The Bertz CT molecular complexity index is 532. The fourth-order valence-electron chi connectivity index (χ4n) is 1.38. The molecule has 0 aliphatic carbocycles. The van der Waals surface area contributed by atoms with Crippen LogP contribution in [0.15, 0.2) is 36.5 Å². The van der Waals surface area contributed by atoms with Gasteiger partial charge in [-0.2, -0.15) is 0 Å². The molecular formula is C12H9ClF2N2. The Morgan fingerprint density at radius 1 is 1.24 bits per heavy atom. The molecule has 0 saturated carbocycles. The maximum Gasteiger partial charge on any atom is 0.168 e. The molecule has 1 N–H and O–H groups in total. The number of rotatable bonds is 3. The molecule has 17 heavy (non-hydrogen) atoms. The minimum Gasteiger partial charge on any atom is -0.364 e. The minimum atomic E-state index is -0.716. The standard InChI is InChI=1S/C12H9ClF2N2/c13-9-3-1-2-8(4-9)6-16-12-11(15)5-10(14)7-17-12/h1-5,7H,6H2,(H,16,17). The number of benzene rings is 1. The van der Waals surface area contributed by atoms with Crippen LogP contribution in [-0.2, 0) is 6.54 Å². The van der Waals surface area contributed by atoms with Gasteiger partial charge in [-0.3, -0.25) is 0 Å². The molecule has 0 bridgehead atoms. The number of hydrogen-bond donors (Lipinski definition) is 1. The molecule has 0 saturated heterocycles. The lowest BCUT2D eigenvalue weighted by atomic mass is 10.2. The van der Waals surface area contributed by atoms with E-state index in [1.165, 1.54) is 0 Å². The average Bonchev–Trinajstić information content (AvgIpc) is 2.28. The van der Waals surface area contributed by atoms with E-state index >= 15 is 0 Å². The smallest absolute Gasteiger partial charge is 0.168 e. The van der Waals surface area contributed by atoms with Gasteiger partial charge in [0.1, 0.15) is 5.82 Å². The highest BCUT2D eigenvalue weighted by atomic mass is 35.5. The van der Waals surface area contributed by atoms with E-state index in [0.717, 1.165) is 17.8 Å². The van der Waals surface area contributed by atoms with E-state index in [1.807, 2.05) is 6.07 Å². The Morgan fingerprint density at radius 2 is 2.06 bits per heavy atom. The largest absolute Gasteiger partial charge is 0.364 e. The van der Waals surface area contributed by atoms with E-state index < -0.39 is 11.6 Å². The first-order chi connectivity index (χ1) is 8.15. The van der Waals surface area contributed by atoms with E-state index in [1.54, 1.807) is 18.2 Å². The monoisotopic (exact) mass is 254 g/mol. The van der Waals surface area contributed by atoms with Crippen molar-refractivity contribution in [3.05, 3.63) is 58.7 Å². The van der Waals surface area contributed by atoms with Gasteiger partial charge in [0.05, 0.1) is 6.20 Å². The summed E-state index contributed by atoms with van der Waals surface area (Å²) in [6.07, 6.45) is 0.962. The van der Waals surface area contributed by atoms with Gasteiger partial charge >= 0.3 is 0 Å². The van der Waals surface area contributed by atoms with Crippen molar-refractivity contribution < 1.29 is 8.78 Å². The van der Waals surface area contributed by atoms with Crippen LogP contribution in [0.2, 0.25) is 5.02 Å². The zero-order chi connectivity index (χ0) is 12.3. The lowest BCUT2D eigenvalue weighted by Crippen LogP contribution is -2.03. The van der Waals surface area contributed by atoms with Crippen molar-refractivity contribution in [3.8, 4) is 0 Å². The van der Waals surface area contributed by atoms with Crippen LogP contribution >= 0.6 is 11.6 Å². The summed E-state index contributed by atoms with van der Waals surface area (Å²) in [7, 11) is 0. The number of aromatic nitrogens is 1. The summed E-state index contributed by atoms with van der Waals surface area (Å²) in [5.74, 6) is -1.39. The number of nitrogens with one attached hydrogen (secondary N) is 1. The average molecular weight is 255 g/mol.